The van der Waals surface area contributed by atoms with Crippen LogP contribution in [0, 0.1) is 0 Å². The minimum atomic E-state index is -3.84. The van der Waals surface area contributed by atoms with Gasteiger partial charge in [0.25, 0.3) is 5.56 Å². The predicted octanol–water partition coefficient (Wildman–Crippen LogP) is 1.20. The van der Waals surface area contributed by atoms with Crippen LogP contribution in [0.3, 0.4) is 0 Å². The van der Waals surface area contributed by atoms with Gasteiger partial charge in [-0.2, -0.15) is 0 Å². The van der Waals surface area contributed by atoms with E-state index >= 15 is 0 Å². The lowest BCUT2D eigenvalue weighted by Gasteiger charge is -2.16. The summed E-state index contributed by atoms with van der Waals surface area (Å²) >= 11 is 0. The average Bonchev–Trinajstić information content (AvgIpc) is 3.18. The maximum absolute atomic E-state index is 13.0. The molecule has 0 unspecified atom stereocenters. The topological polar surface area (TPSA) is 142 Å². The number of rotatable bonds is 13. The van der Waals surface area contributed by atoms with Gasteiger partial charge in [-0.3, -0.25) is 4.79 Å². The summed E-state index contributed by atoms with van der Waals surface area (Å²) in [6, 6.07) is 4.47. The number of likely N-dealkylation sites (N-methyl/N-ethyl adjacent to an activating group) is 1. The third-order valence-electron chi connectivity index (χ3n) is 5.53. The van der Waals surface area contributed by atoms with Crippen LogP contribution in [-0.2, 0) is 22.9 Å². The molecule has 0 fully saturated rings. The number of aromatic amines is 1. The number of nitrogens with one attached hydrogen (secondary N) is 2. The fourth-order valence-electron chi connectivity index (χ4n) is 3.77. The van der Waals surface area contributed by atoms with E-state index < -0.39 is 10.0 Å². The highest BCUT2D eigenvalue weighted by Crippen LogP contribution is 2.30. The first-order valence-electron chi connectivity index (χ1n) is 11.8. The number of imidazole rings is 1. The molecule has 0 aliphatic carbocycles. The summed E-state index contributed by atoms with van der Waals surface area (Å²) in [6.45, 7) is 7.20. The van der Waals surface area contributed by atoms with Gasteiger partial charge in [0.05, 0.1) is 29.4 Å². The molecule has 35 heavy (non-hydrogen) atoms. The van der Waals surface area contributed by atoms with E-state index in [0.29, 0.717) is 60.9 Å². The van der Waals surface area contributed by atoms with E-state index in [4.69, 9.17) is 9.84 Å². The lowest BCUT2D eigenvalue weighted by Crippen LogP contribution is -2.34. The Labute approximate surface area is 205 Å². The summed E-state index contributed by atoms with van der Waals surface area (Å²) < 4.78 is 35.8. The molecule has 0 aliphatic rings. The summed E-state index contributed by atoms with van der Waals surface area (Å²) in [5.41, 5.74) is 1.09. The molecule has 0 aliphatic heterocycles. The number of sulfonamides is 1. The van der Waals surface area contributed by atoms with Crippen LogP contribution < -0.4 is 15.0 Å². The van der Waals surface area contributed by atoms with E-state index in [-0.39, 0.29) is 29.4 Å². The Kier molecular flexibility index (Phi) is 9.00. The van der Waals surface area contributed by atoms with Gasteiger partial charge in [0, 0.05) is 26.1 Å². The Balaban J connectivity index is 2.06. The van der Waals surface area contributed by atoms with Crippen LogP contribution in [-0.4, -0.2) is 77.9 Å². The third-order valence-corrected chi connectivity index (χ3v) is 6.99. The number of fused-ring (bicyclic) bond motifs is 1. The SMILES string of the molecule is CCCc1nc(CC)c2c(=O)[nH]c(-c3cc(S(=O)(=O)NCCN(C)CCO)ccc3OCC)nn12. The molecule has 0 bridgehead atoms. The van der Waals surface area contributed by atoms with Crippen molar-refractivity contribution < 1.29 is 18.3 Å². The zero-order valence-corrected chi connectivity index (χ0v) is 21.5. The van der Waals surface area contributed by atoms with Crippen molar-refractivity contribution in [1.82, 2.24) is 29.2 Å². The molecule has 0 radical (unpaired) electrons. The number of hydrogen-bond donors (Lipinski definition) is 3. The second-order valence-electron chi connectivity index (χ2n) is 8.16. The first-order chi connectivity index (χ1) is 16.7. The van der Waals surface area contributed by atoms with Gasteiger partial charge >= 0.3 is 0 Å². The summed E-state index contributed by atoms with van der Waals surface area (Å²) in [6.07, 6.45) is 2.08. The first kappa shape index (κ1) is 26.8. The smallest absolute Gasteiger partial charge is 0.277 e. The van der Waals surface area contributed by atoms with Crippen molar-refractivity contribution >= 4 is 15.5 Å². The summed E-state index contributed by atoms with van der Waals surface area (Å²) in [7, 11) is -2.04. The van der Waals surface area contributed by atoms with Gasteiger partial charge < -0.3 is 19.7 Å². The van der Waals surface area contributed by atoms with Gasteiger partial charge in [-0.25, -0.2) is 22.6 Å². The summed E-state index contributed by atoms with van der Waals surface area (Å²) in [5.74, 6) is 1.29. The van der Waals surface area contributed by atoms with Crippen molar-refractivity contribution in [1.29, 1.82) is 0 Å². The second-order valence-corrected chi connectivity index (χ2v) is 9.92. The van der Waals surface area contributed by atoms with E-state index in [1.165, 1.54) is 12.1 Å². The number of ether oxygens (including phenoxy) is 1. The Morgan fingerprint density at radius 2 is 2.00 bits per heavy atom. The monoisotopic (exact) mass is 506 g/mol. The minimum Gasteiger partial charge on any atom is -0.493 e. The number of benzene rings is 1. The minimum absolute atomic E-state index is 0.00230. The molecule has 3 N–H and O–H groups in total. The molecule has 12 heteroatoms. The molecule has 1 aromatic carbocycles. The lowest BCUT2D eigenvalue weighted by molar-refractivity contribution is 0.223. The average molecular weight is 507 g/mol. The Bertz CT molecular complexity index is 1320. The van der Waals surface area contributed by atoms with Crippen LogP contribution in [0.1, 0.15) is 38.7 Å². The maximum atomic E-state index is 13.0. The highest BCUT2D eigenvalue weighted by Gasteiger charge is 2.21. The fourth-order valence-corrected chi connectivity index (χ4v) is 4.81. The molecular formula is C23H34N6O5S. The first-order valence-corrected chi connectivity index (χ1v) is 13.3. The zero-order chi connectivity index (χ0) is 25.6. The number of aromatic nitrogens is 4. The number of H-pyrrole nitrogens is 1. The Morgan fingerprint density at radius 1 is 1.23 bits per heavy atom. The van der Waals surface area contributed by atoms with Gasteiger partial charge in [0.1, 0.15) is 11.6 Å². The van der Waals surface area contributed by atoms with Crippen molar-refractivity contribution in [2.45, 2.75) is 44.9 Å². The predicted molar refractivity (Wildman–Crippen MR) is 133 cm³/mol. The zero-order valence-electron chi connectivity index (χ0n) is 20.7. The molecule has 0 saturated heterocycles. The number of aliphatic hydroxyl groups is 1. The van der Waals surface area contributed by atoms with Crippen LogP contribution in [0.2, 0.25) is 0 Å². The van der Waals surface area contributed by atoms with E-state index in [0.717, 1.165) is 6.42 Å². The van der Waals surface area contributed by atoms with E-state index in [2.05, 4.69) is 19.8 Å². The van der Waals surface area contributed by atoms with Gasteiger partial charge in [-0.15, -0.1) is 5.10 Å². The quantitative estimate of drug-likeness (QED) is 0.314. The largest absolute Gasteiger partial charge is 0.493 e. The Hall–Kier alpha value is -2.80. The van der Waals surface area contributed by atoms with Crippen LogP contribution >= 0.6 is 0 Å². The number of hydrogen-bond acceptors (Lipinski definition) is 8. The van der Waals surface area contributed by atoms with Crippen LogP contribution in [0.15, 0.2) is 27.9 Å². The third kappa shape index (κ3) is 6.07. The highest BCUT2D eigenvalue weighted by atomic mass is 32.2. The highest BCUT2D eigenvalue weighted by molar-refractivity contribution is 7.89. The molecule has 0 saturated carbocycles. The molecule has 0 amide bonds. The second kappa shape index (κ2) is 11.8. The molecule has 3 aromatic rings. The van der Waals surface area contributed by atoms with E-state index in [9.17, 15) is 13.2 Å². The van der Waals surface area contributed by atoms with Crippen LogP contribution in [0.25, 0.3) is 16.9 Å². The van der Waals surface area contributed by atoms with Gasteiger partial charge in [-0.05, 0) is 45.0 Å². The molecule has 0 atom stereocenters. The molecule has 3 rings (SSSR count). The molecule has 2 heterocycles. The van der Waals surface area contributed by atoms with Gasteiger partial charge in [-0.1, -0.05) is 13.8 Å². The van der Waals surface area contributed by atoms with Crippen LogP contribution in [0.5, 0.6) is 5.75 Å². The number of aliphatic hydroxyl groups excluding tert-OH is 1. The molecular weight excluding hydrogens is 472 g/mol. The van der Waals surface area contributed by atoms with E-state index in [1.54, 1.807) is 17.6 Å². The fraction of sp³-hybridized carbons (Fsp3) is 0.522. The summed E-state index contributed by atoms with van der Waals surface area (Å²) in [5, 5.41) is 13.6. The number of nitrogens with zero attached hydrogens (tertiary/aromatic N) is 4. The molecule has 11 nitrogen and oxygen atoms in total. The molecule has 192 valence electrons. The normalized spacial score (nSPS) is 12.1. The maximum Gasteiger partial charge on any atom is 0.277 e. The standard InChI is InChI=1S/C23H34N6O5S/c1-5-8-20-25-18(6-2)21-23(31)26-22(27-29(20)21)17-15-16(9-10-19(17)34-7-3)35(32,33)24-11-12-28(4)13-14-30/h9-10,15,24,30H,5-8,11-14H2,1-4H3,(H,26,27,31). The van der Waals surface area contributed by atoms with Crippen molar-refractivity contribution in [2.75, 3.05) is 39.9 Å². The lowest BCUT2D eigenvalue weighted by atomic mass is 10.2. The van der Waals surface area contributed by atoms with Crippen molar-refractivity contribution in [3.8, 4) is 17.1 Å². The van der Waals surface area contributed by atoms with Crippen molar-refractivity contribution in [3.63, 3.8) is 0 Å². The van der Waals surface area contributed by atoms with Crippen LogP contribution in [0.4, 0.5) is 0 Å². The van der Waals surface area contributed by atoms with E-state index in [1.807, 2.05) is 25.7 Å². The van der Waals surface area contributed by atoms with Gasteiger partial charge in [0.2, 0.25) is 10.0 Å². The van der Waals surface area contributed by atoms with Gasteiger partial charge in [0.15, 0.2) is 11.3 Å². The number of aryl methyl sites for hydroxylation is 2. The summed E-state index contributed by atoms with van der Waals surface area (Å²) in [4.78, 5) is 22.3. The molecule has 0 spiro atoms. The van der Waals surface area contributed by atoms with Crippen molar-refractivity contribution in [3.05, 3.63) is 40.1 Å². The Morgan fingerprint density at radius 3 is 2.66 bits per heavy atom. The molecule has 2 aromatic heterocycles. The van der Waals surface area contributed by atoms with Crippen molar-refractivity contribution in [2.24, 2.45) is 0 Å².